The summed E-state index contributed by atoms with van der Waals surface area (Å²) in [5.74, 6) is -0.712. The highest BCUT2D eigenvalue weighted by atomic mass is 79.9. The topological polar surface area (TPSA) is 29.5 Å². The number of benzene rings is 1. The lowest BCUT2D eigenvalue weighted by Gasteiger charge is -2.35. The Morgan fingerprint density at radius 3 is 2.59 bits per heavy atom. The van der Waals surface area contributed by atoms with Gasteiger partial charge in [0.25, 0.3) is 5.91 Å². The van der Waals surface area contributed by atoms with Crippen molar-refractivity contribution in [3.63, 3.8) is 0 Å². The molecule has 2 rings (SSSR count). The van der Waals surface area contributed by atoms with Crippen LogP contribution in [-0.4, -0.2) is 42.8 Å². The van der Waals surface area contributed by atoms with Gasteiger partial charge in [-0.1, -0.05) is 27.5 Å². The molecule has 1 aliphatic heterocycles. The zero-order valence-corrected chi connectivity index (χ0v) is 13.8. The summed E-state index contributed by atoms with van der Waals surface area (Å²) in [7, 11) is 0. The zero-order valence-electron chi connectivity index (χ0n) is 11.5. The number of amides is 1. The first-order chi connectivity index (χ1) is 10.3. The molecular formula is C14H14BrClF3NO2. The van der Waals surface area contributed by atoms with E-state index in [-0.39, 0.29) is 10.6 Å². The summed E-state index contributed by atoms with van der Waals surface area (Å²) < 4.78 is 44.3. The number of alkyl halides is 3. The van der Waals surface area contributed by atoms with E-state index in [1.165, 1.54) is 12.1 Å². The molecule has 1 heterocycles. The lowest BCUT2D eigenvalue weighted by Crippen LogP contribution is -2.48. The van der Waals surface area contributed by atoms with Gasteiger partial charge in [-0.15, -0.1) is 0 Å². The fourth-order valence-corrected chi connectivity index (χ4v) is 2.93. The first kappa shape index (κ1) is 17.6. The van der Waals surface area contributed by atoms with Crippen LogP contribution in [0.15, 0.2) is 22.7 Å². The summed E-state index contributed by atoms with van der Waals surface area (Å²) in [4.78, 5) is 13.4. The Morgan fingerprint density at radius 2 is 2.00 bits per heavy atom. The van der Waals surface area contributed by atoms with E-state index in [0.29, 0.717) is 30.5 Å². The number of carbonyl (C=O) groups excluding carboxylic acids is 1. The Labute approximate surface area is 139 Å². The second kappa shape index (κ2) is 7.19. The SMILES string of the molecule is O=C(c1cc(Br)ccc1Cl)N(CC(F)(F)F)C1CCOCC1. The standard InChI is InChI=1S/C14H14BrClF3NO2/c15-9-1-2-12(16)11(7-9)13(21)20(8-14(17,18)19)10-3-5-22-6-4-10/h1-2,7,10H,3-6,8H2. The molecule has 0 radical (unpaired) electrons. The molecule has 8 heteroatoms. The van der Waals surface area contributed by atoms with Gasteiger partial charge in [-0.25, -0.2) is 0 Å². The van der Waals surface area contributed by atoms with Crippen LogP contribution in [0.4, 0.5) is 13.2 Å². The second-order valence-electron chi connectivity index (χ2n) is 5.02. The van der Waals surface area contributed by atoms with E-state index in [9.17, 15) is 18.0 Å². The van der Waals surface area contributed by atoms with Gasteiger partial charge in [0.05, 0.1) is 10.6 Å². The molecule has 0 aliphatic carbocycles. The van der Waals surface area contributed by atoms with E-state index < -0.39 is 24.7 Å². The Hall–Kier alpha value is -0.790. The molecule has 0 aromatic heterocycles. The van der Waals surface area contributed by atoms with Gasteiger partial charge in [0.2, 0.25) is 0 Å². The Bertz CT molecular complexity index is 547. The molecule has 1 aliphatic rings. The lowest BCUT2D eigenvalue weighted by molar-refractivity contribution is -0.147. The maximum atomic E-state index is 12.8. The Kier molecular flexibility index (Phi) is 5.74. The molecule has 0 unspecified atom stereocenters. The van der Waals surface area contributed by atoms with Crippen LogP contribution in [0, 0.1) is 0 Å². The molecule has 1 aromatic carbocycles. The van der Waals surface area contributed by atoms with Crippen molar-refractivity contribution in [1.82, 2.24) is 4.90 Å². The number of carbonyl (C=O) groups is 1. The van der Waals surface area contributed by atoms with E-state index in [4.69, 9.17) is 16.3 Å². The van der Waals surface area contributed by atoms with Crippen LogP contribution in [0.5, 0.6) is 0 Å². The lowest BCUT2D eigenvalue weighted by atomic mass is 10.1. The molecular weight excluding hydrogens is 387 g/mol. The van der Waals surface area contributed by atoms with Gasteiger partial charge >= 0.3 is 6.18 Å². The van der Waals surface area contributed by atoms with Crippen LogP contribution in [0.1, 0.15) is 23.2 Å². The monoisotopic (exact) mass is 399 g/mol. The van der Waals surface area contributed by atoms with Gasteiger partial charge in [0.1, 0.15) is 6.54 Å². The van der Waals surface area contributed by atoms with Crippen LogP contribution < -0.4 is 0 Å². The largest absolute Gasteiger partial charge is 0.406 e. The van der Waals surface area contributed by atoms with Gasteiger partial charge in [-0.05, 0) is 31.0 Å². The molecule has 0 spiro atoms. The molecule has 0 bridgehead atoms. The maximum Gasteiger partial charge on any atom is 0.406 e. The predicted molar refractivity (Wildman–Crippen MR) is 80.1 cm³/mol. The quantitative estimate of drug-likeness (QED) is 0.758. The van der Waals surface area contributed by atoms with Crippen LogP contribution >= 0.6 is 27.5 Å². The van der Waals surface area contributed by atoms with E-state index in [1.54, 1.807) is 6.07 Å². The summed E-state index contributed by atoms with van der Waals surface area (Å²) >= 11 is 9.17. The summed E-state index contributed by atoms with van der Waals surface area (Å²) in [6.07, 6.45) is -3.70. The smallest absolute Gasteiger partial charge is 0.381 e. The van der Waals surface area contributed by atoms with Crippen molar-refractivity contribution in [2.75, 3.05) is 19.8 Å². The highest BCUT2D eigenvalue weighted by molar-refractivity contribution is 9.10. The van der Waals surface area contributed by atoms with Gasteiger partial charge in [-0.3, -0.25) is 4.79 Å². The van der Waals surface area contributed by atoms with Gasteiger partial charge < -0.3 is 9.64 Å². The molecule has 3 nitrogen and oxygen atoms in total. The van der Waals surface area contributed by atoms with Crippen molar-refractivity contribution in [2.24, 2.45) is 0 Å². The molecule has 22 heavy (non-hydrogen) atoms. The summed E-state index contributed by atoms with van der Waals surface area (Å²) in [6.45, 7) is -0.601. The average Bonchev–Trinajstić information content (AvgIpc) is 2.46. The minimum atomic E-state index is -4.47. The molecule has 0 N–H and O–H groups in total. The number of hydrogen-bond donors (Lipinski definition) is 0. The average molecular weight is 401 g/mol. The number of rotatable bonds is 3. The highest BCUT2D eigenvalue weighted by Gasteiger charge is 2.37. The second-order valence-corrected chi connectivity index (χ2v) is 6.34. The number of ether oxygens (including phenoxy) is 1. The van der Waals surface area contributed by atoms with Crippen LogP contribution in [0.3, 0.4) is 0 Å². The fraction of sp³-hybridized carbons (Fsp3) is 0.500. The van der Waals surface area contributed by atoms with Crippen LogP contribution in [0.2, 0.25) is 5.02 Å². The van der Waals surface area contributed by atoms with Crippen molar-refractivity contribution in [3.05, 3.63) is 33.3 Å². The Morgan fingerprint density at radius 1 is 1.36 bits per heavy atom. The first-order valence-corrected chi connectivity index (χ1v) is 7.85. The first-order valence-electron chi connectivity index (χ1n) is 6.68. The zero-order chi connectivity index (χ0) is 16.3. The normalized spacial score (nSPS) is 16.6. The molecule has 1 aromatic rings. The summed E-state index contributed by atoms with van der Waals surface area (Å²) in [5, 5.41) is 0.132. The minimum absolute atomic E-state index is 0.0618. The van der Waals surface area contributed by atoms with Crippen molar-refractivity contribution in [1.29, 1.82) is 0 Å². The van der Waals surface area contributed by atoms with Crippen LogP contribution in [0.25, 0.3) is 0 Å². The molecule has 1 fully saturated rings. The third-order valence-electron chi connectivity index (χ3n) is 3.40. The van der Waals surface area contributed by atoms with Gasteiger partial charge in [-0.2, -0.15) is 13.2 Å². The maximum absolute atomic E-state index is 12.8. The minimum Gasteiger partial charge on any atom is -0.381 e. The highest BCUT2D eigenvalue weighted by Crippen LogP contribution is 2.28. The number of nitrogens with zero attached hydrogens (tertiary/aromatic N) is 1. The predicted octanol–water partition coefficient (Wildman–Crippen LogP) is 4.29. The van der Waals surface area contributed by atoms with E-state index in [2.05, 4.69) is 15.9 Å². The molecule has 0 saturated carbocycles. The van der Waals surface area contributed by atoms with Crippen molar-refractivity contribution in [3.8, 4) is 0 Å². The number of halogens is 5. The van der Waals surface area contributed by atoms with E-state index in [1.807, 2.05) is 0 Å². The Balaban J connectivity index is 2.30. The van der Waals surface area contributed by atoms with E-state index in [0.717, 1.165) is 4.90 Å². The molecule has 1 amide bonds. The van der Waals surface area contributed by atoms with Crippen LogP contribution in [-0.2, 0) is 4.74 Å². The van der Waals surface area contributed by atoms with Crippen molar-refractivity contribution >= 4 is 33.4 Å². The fourth-order valence-electron chi connectivity index (χ4n) is 2.37. The molecule has 1 saturated heterocycles. The van der Waals surface area contributed by atoms with Crippen molar-refractivity contribution in [2.45, 2.75) is 25.1 Å². The van der Waals surface area contributed by atoms with Gasteiger partial charge in [0.15, 0.2) is 0 Å². The summed E-state index contributed by atoms with van der Waals surface area (Å²) in [6, 6.07) is 4.04. The van der Waals surface area contributed by atoms with Crippen molar-refractivity contribution < 1.29 is 22.7 Å². The third kappa shape index (κ3) is 4.60. The van der Waals surface area contributed by atoms with Gasteiger partial charge in [0, 0.05) is 23.7 Å². The van der Waals surface area contributed by atoms with E-state index >= 15 is 0 Å². The molecule has 122 valence electrons. The third-order valence-corrected chi connectivity index (χ3v) is 4.22. The number of hydrogen-bond acceptors (Lipinski definition) is 2. The summed E-state index contributed by atoms with van der Waals surface area (Å²) in [5.41, 5.74) is 0.0618. The molecule has 0 atom stereocenters.